The maximum absolute atomic E-state index is 14.9. The van der Waals surface area contributed by atoms with E-state index in [1.165, 1.54) is 6.07 Å². The molecule has 0 fully saturated rings. The number of halogens is 6. The largest absolute Gasteiger partial charge is 0.573 e. The van der Waals surface area contributed by atoms with E-state index >= 15 is 0 Å². The van der Waals surface area contributed by atoms with E-state index in [1.54, 1.807) is 0 Å². The second kappa shape index (κ2) is 10.6. The smallest absolute Gasteiger partial charge is 0.452 e. The molecule has 0 atom stereocenters. The molecule has 0 bridgehead atoms. The molecule has 0 aliphatic heterocycles. The Morgan fingerprint density at radius 3 is 2.18 bits per heavy atom. The topological polar surface area (TPSA) is 173 Å². The Morgan fingerprint density at radius 2 is 1.58 bits per heavy atom. The van der Waals surface area contributed by atoms with Crippen LogP contribution < -0.4 is 25.3 Å². The standard InChI is InChI=1S/C21H13ClF5N3O8/c22-9-1-2-11(14(15(9)23)19(32)30-8-5-6-29-10(7-8)18(28)31)36-13-4-3-12(37-20(25,26)27)16(24)17(13)38-21(33,34)35/h1-7,33-35H,(H2,28,31)(H,29,30,32). The number of alkyl halides is 3. The number of benzene rings is 2. The van der Waals surface area contributed by atoms with E-state index in [2.05, 4.69) is 19.8 Å². The summed E-state index contributed by atoms with van der Waals surface area (Å²) in [6, 6.07) is 4.99. The van der Waals surface area contributed by atoms with Crippen LogP contribution >= 0.6 is 11.6 Å². The second-order valence-corrected chi connectivity index (χ2v) is 7.42. The van der Waals surface area contributed by atoms with Gasteiger partial charge in [-0.2, -0.15) is 4.39 Å². The van der Waals surface area contributed by atoms with Crippen molar-refractivity contribution in [3.63, 3.8) is 0 Å². The number of amides is 2. The van der Waals surface area contributed by atoms with Crippen molar-refractivity contribution in [2.24, 2.45) is 5.73 Å². The quantitative estimate of drug-likeness (QED) is 0.203. The van der Waals surface area contributed by atoms with E-state index in [1.807, 2.05) is 0 Å². The highest BCUT2D eigenvalue weighted by atomic mass is 35.5. The molecule has 11 nitrogen and oxygen atoms in total. The van der Waals surface area contributed by atoms with Gasteiger partial charge in [-0.25, -0.2) is 4.39 Å². The number of pyridine rings is 1. The van der Waals surface area contributed by atoms with Crippen molar-refractivity contribution in [3.05, 3.63) is 70.5 Å². The van der Waals surface area contributed by atoms with Crippen LogP contribution in [0.1, 0.15) is 20.8 Å². The molecule has 38 heavy (non-hydrogen) atoms. The first-order valence-corrected chi connectivity index (χ1v) is 10.1. The molecule has 0 aliphatic rings. The van der Waals surface area contributed by atoms with Gasteiger partial charge in [0.05, 0.1) is 5.02 Å². The first kappa shape index (κ1) is 28.3. The van der Waals surface area contributed by atoms with Crippen molar-refractivity contribution in [1.29, 1.82) is 0 Å². The molecule has 0 saturated carbocycles. The summed E-state index contributed by atoms with van der Waals surface area (Å²) in [5.74, 6) is -10.4. The van der Waals surface area contributed by atoms with Gasteiger partial charge in [-0.15, -0.1) is 13.2 Å². The fourth-order valence-electron chi connectivity index (χ4n) is 2.82. The first-order valence-electron chi connectivity index (χ1n) is 9.73. The Labute approximate surface area is 212 Å². The van der Waals surface area contributed by atoms with Crippen molar-refractivity contribution >= 4 is 29.1 Å². The van der Waals surface area contributed by atoms with E-state index in [-0.39, 0.29) is 11.4 Å². The zero-order valence-corrected chi connectivity index (χ0v) is 19.0. The average molecular weight is 566 g/mol. The van der Waals surface area contributed by atoms with Crippen molar-refractivity contribution in [1.82, 2.24) is 4.98 Å². The van der Waals surface area contributed by atoms with Gasteiger partial charge >= 0.3 is 12.5 Å². The lowest BCUT2D eigenvalue weighted by atomic mass is 10.1. The lowest BCUT2D eigenvalue weighted by Gasteiger charge is -2.21. The van der Waals surface area contributed by atoms with Gasteiger partial charge in [0.25, 0.3) is 11.8 Å². The molecule has 202 valence electrons. The number of nitrogens with one attached hydrogen (secondary N) is 1. The van der Waals surface area contributed by atoms with Crippen LogP contribution in [0.3, 0.4) is 0 Å². The number of aromatic nitrogens is 1. The lowest BCUT2D eigenvalue weighted by Crippen LogP contribution is -2.35. The van der Waals surface area contributed by atoms with Crippen molar-refractivity contribution in [2.75, 3.05) is 5.32 Å². The molecule has 1 aromatic heterocycles. The summed E-state index contributed by atoms with van der Waals surface area (Å²) in [5, 5.41) is 28.9. The molecular formula is C21H13ClF5N3O8. The van der Waals surface area contributed by atoms with Gasteiger partial charge in [-0.3, -0.25) is 14.6 Å². The number of aliphatic hydroxyl groups is 3. The number of ether oxygens (including phenoxy) is 3. The molecule has 17 heteroatoms. The molecule has 3 aromatic rings. The van der Waals surface area contributed by atoms with Crippen LogP contribution in [0.4, 0.5) is 27.6 Å². The number of nitrogens with zero attached hydrogens (tertiary/aromatic N) is 1. The number of hydrogen-bond donors (Lipinski definition) is 5. The van der Waals surface area contributed by atoms with Crippen LogP contribution in [0, 0.1) is 11.6 Å². The third kappa shape index (κ3) is 6.94. The van der Waals surface area contributed by atoms with Crippen LogP contribution in [-0.4, -0.2) is 44.6 Å². The molecule has 2 aromatic carbocycles. The molecular weight excluding hydrogens is 553 g/mol. The summed E-state index contributed by atoms with van der Waals surface area (Å²) < 4.78 is 80.1. The van der Waals surface area contributed by atoms with E-state index < -0.39 is 69.6 Å². The minimum atomic E-state index is -5.39. The van der Waals surface area contributed by atoms with Crippen molar-refractivity contribution < 1.29 is 61.1 Å². The number of nitrogens with two attached hydrogens (primary N) is 1. The van der Waals surface area contributed by atoms with Gasteiger partial charge in [0.1, 0.15) is 17.0 Å². The number of anilines is 1. The Hall–Kier alpha value is -4.25. The van der Waals surface area contributed by atoms with E-state index in [4.69, 9.17) is 37.4 Å². The van der Waals surface area contributed by atoms with Gasteiger partial charge in [0.15, 0.2) is 17.3 Å². The number of primary amides is 1. The summed E-state index contributed by atoms with van der Waals surface area (Å²) >= 11 is 5.74. The van der Waals surface area contributed by atoms with Gasteiger partial charge in [-0.1, -0.05) is 11.6 Å². The molecule has 0 saturated heterocycles. The molecule has 0 unspecified atom stereocenters. The molecule has 6 N–H and O–H groups in total. The number of carbonyl (C=O) groups excluding carboxylic acids is 2. The molecule has 3 rings (SSSR count). The Bertz CT molecular complexity index is 1400. The van der Waals surface area contributed by atoms with Crippen LogP contribution in [0.5, 0.6) is 23.0 Å². The maximum atomic E-state index is 14.9. The van der Waals surface area contributed by atoms with E-state index in [0.717, 1.165) is 24.4 Å². The third-order valence-electron chi connectivity index (χ3n) is 4.26. The van der Waals surface area contributed by atoms with E-state index in [0.29, 0.717) is 12.1 Å². The summed E-state index contributed by atoms with van der Waals surface area (Å²) in [6.07, 6.45) is -8.41. The zero-order chi connectivity index (χ0) is 28.4. The van der Waals surface area contributed by atoms with Gasteiger partial charge in [0, 0.05) is 11.9 Å². The molecule has 1 heterocycles. The Balaban J connectivity index is 2.06. The molecule has 2 amide bonds. The lowest BCUT2D eigenvalue weighted by molar-refractivity contribution is -0.420. The summed E-state index contributed by atoms with van der Waals surface area (Å²) in [4.78, 5) is 27.8. The number of hydrogen-bond acceptors (Lipinski definition) is 9. The highest BCUT2D eigenvalue weighted by Crippen LogP contribution is 2.42. The minimum Gasteiger partial charge on any atom is -0.452 e. The average Bonchev–Trinajstić information content (AvgIpc) is 2.79. The van der Waals surface area contributed by atoms with Gasteiger partial charge in [-0.05, 0) is 36.4 Å². The normalized spacial score (nSPS) is 11.6. The minimum absolute atomic E-state index is 0.0848. The van der Waals surface area contributed by atoms with Gasteiger partial charge in [0.2, 0.25) is 11.6 Å². The summed E-state index contributed by atoms with van der Waals surface area (Å²) in [6.45, 7) is 0. The third-order valence-corrected chi connectivity index (χ3v) is 4.56. The monoisotopic (exact) mass is 565 g/mol. The van der Waals surface area contributed by atoms with Crippen LogP contribution in [0.25, 0.3) is 0 Å². The van der Waals surface area contributed by atoms with Crippen LogP contribution in [0.2, 0.25) is 5.02 Å². The van der Waals surface area contributed by atoms with Crippen LogP contribution in [-0.2, 0) is 0 Å². The highest BCUT2D eigenvalue weighted by molar-refractivity contribution is 6.31. The number of rotatable bonds is 8. The maximum Gasteiger partial charge on any atom is 0.573 e. The molecule has 0 aliphatic carbocycles. The van der Waals surface area contributed by atoms with Crippen LogP contribution in [0.15, 0.2) is 42.6 Å². The second-order valence-electron chi connectivity index (χ2n) is 7.01. The predicted molar refractivity (Wildman–Crippen MR) is 115 cm³/mol. The highest BCUT2D eigenvalue weighted by Gasteiger charge is 2.35. The fraction of sp³-hybridized carbons (Fsp3) is 0.0952. The van der Waals surface area contributed by atoms with E-state index in [9.17, 15) is 31.5 Å². The first-order chi connectivity index (χ1) is 17.6. The number of carbonyl (C=O) groups is 2. The SMILES string of the molecule is NC(=O)c1cc(NC(=O)c2c(Oc3ccc(OC(F)(F)F)c(F)c3OC(O)(O)O)ccc(Cl)c2F)ccn1. The fourth-order valence-corrected chi connectivity index (χ4v) is 2.98. The van der Waals surface area contributed by atoms with Gasteiger partial charge < -0.3 is 40.6 Å². The zero-order valence-electron chi connectivity index (χ0n) is 18.2. The van der Waals surface area contributed by atoms with Crippen molar-refractivity contribution in [3.8, 4) is 23.0 Å². The predicted octanol–water partition coefficient (Wildman–Crippen LogP) is 3.02. The Kier molecular flexibility index (Phi) is 7.92. The van der Waals surface area contributed by atoms with Crippen molar-refractivity contribution in [2.45, 2.75) is 12.5 Å². The molecule has 0 spiro atoms. The summed E-state index contributed by atoms with van der Waals surface area (Å²) in [5.41, 5.74) is 3.84. The molecule has 0 radical (unpaired) electrons. The summed E-state index contributed by atoms with van der Waals surface area (Å²) in [7, 11) is 0. The Morgan fingerprint density at radius 1 is 0.947 bits per heavy atom.